The van der Waals surface area contributed by atoms with Gasteiger partial charge in [-0.05, 0) is 49.9 Å². The fraction of sp³-hybridized carbons (Fsp3) is 0.308. The van der Waals surface area contributed by atoms with E-state index in [4.69, 9.17) is 44.1 Å². The molecule has 0 unspecified atom stereocenters. The smallest absolute Gasteiger partial charge is 0.359 e. The number of carbonyl (C=O) groups is 1. The number of ether oxygens (including phenoxy) is 1. The van der Waals surface area contributed by atoms with Crippen LogP contribution >= 0.6 is 34.8 Å². The number of hydrogen-bond donors (Lipinski definition) is 0. The fourth-order valence-corrected chi connectivity index (χ4v) is 4.17. The van der Waals surface area contributed by atoms with Gasteiger partial charge in [0.1, 0.15) is 0 Å². The molecule has 0 spiro atoms. The normalized spacial score (nSPS) is 11.6. The highest BCUT2D eigenvalue weighted by Gasteiger charge is 2.31. The van der Waals surface area contributed by atoms with E-state index in [-0.39, 0.29) is 5.89 Å². The molecule has 10 heteroatoms. The highest BCUT2D eigenvalue weighted by atomic mass is 35.6. The summed E-state index contributed by atoms with van der Waals surface area (Å²) in [5, 5.41) is 8.61. The maximum Gasteiger partial charge on any atom is 0.359 e. The van der Waals surface area contributed by atoms with Crippen molar-refractivity contribution in [3.63, 3.8) is 0 Å². The monoisotopic (exact) mass is 546 g/mol. The molecule has 0 amide bonds. The minimum Gasteiger partial charge on any atom is -0.461 e. The van der Waals surface area contributed by atoms with Crippen LogP contribution in [-0.2, 0) is 15.0 Å². The molecule has 2 aromatic heterocycles. The first kappa shape index (κ1) is 26.2. The van der Waals surface area contributed by atoms with Gasteiger partial charge in [-0.3, -0.25) is 0 Å². The topological polar surface area (TPSA) is 83.0 Å². The summed E-state index contributed by atoms with van der Waals surface area (Å²) in [6, 6.07) is 15.5. The van der Waals surface area contributed by atoms with Crippen LogP contribution in [-0.4, -0.2) is 32.5 Å². The molecule has 0 fully saturated rings. The van der Waals surface area contributed by atoms with Gasteiger partial charge in [-0.2, -0.15) is 10.1 Å². The predicted molar refractivity (Wildman–Crippen MR) is 141 cm³/mol. The summed E-state index contributed by atoms with van der Waals surface area (Å²) in [7, 11) is 0. The van der Waals surface area contributed by atoms with Crippen LogP contribution in [0.5, 0.6) is 0 Å². The van der Waals surface area contributed by atoms with E-state index < -0.39 is 9.76 Å². The van der Waals surface area contributed by atoms with E-state index in [2.05, 4.69) is 22.2 Å². The maximum absolute atomic E-state index is 12.5. The van der Waals surface area contributed by atoms with E-state index in [9.17, 15) is 4.79 Å². The third-order valence-corrected chi connectivity index (χ3v) is 6.22. The molecular weight excluding hydrogens is 523 g/mol. The molecule has 4 rings (SSSR count). The lowest BCUT2D eigenvalue weighted by Gasteiger charge is -2.11. The second-order valence-corrected chi connectivity index (χ2v) is 10.5. The van der Waals surface area contributed by atoms with E-state index in [0.29, 0.717) is 18.1 Å². The lowest BCUT2D eigenvalue weighted by molar-refractivity contribution is 0.0518. The van der Waals surface area contributed by atoms with Gasteiger partial charge in [-0.25, -0.2) is 9.48 Å². The molecular formula is C26H25Cl3N4O3. The van der Waals surface area contributed by atoms with Crippen LogP contribution in [0.15, 0.2) is 53.1 Å². The number of benzene rings is 2. The van der Waals surface area contributed by atoms with E-state index in [0.717, 1.165) is 52.9 Å². The van der Waals surface area contributed by atoms with Crippen molar-refractivity contribution in [1.82, 2.24) is 19.9 Å². The van der Waals surface area contributed by atoms with Gasteiger partial charge in [-0.15, -0.1) is 0 Å². The third-order valence-electron chi connectivity index (χ3n) is 5.74. The molecule has 0 radical (unpaired) electrons. The molecule has 7 nitrogen and oxygen atoms in total. The zero-order chi connectivity index (χ0) is 25.9. The Morgan fingerprint density at radius 3 is 2.36 bits per heavy atom. The predicted octanol–water partition coefficient (Wildman–Crippen LogP) is 7.24. The number of halogens is 3. The molecule has 0 N–H and O–H groups in total. The molecule has 0 saturated carbocycles. The van der Waals surface area contributed by atoms with E-state index in [1.54, 1.807) is 6.92 Å². The molecule has 2 aromatic carbocycles. The molecule has 4 aromatic rings. The summed E-state index contributed by atoms with van der Waals surface area (Å²) in [4.78, 5) is 16.7. The number of hydrogen-bond acceptors (Lipinski definition) is 6. The maximum atomic E-state index is 12.5. The minimum atomic E-state index is -1.80. The van der Waals surface area contributed by atoms with Gasteiger partial charge < -0.3 is 9.26 Å². The average Bonchev–Trinajstić information content (AvgIpc) is 3.49. The van der Waals surface area contributed by atoms with E-state index in [1.807, 2.05) is 60.1 Å². The van der Waals surface area contributed by atoms with Crippen LogP contribution in [0.25, 0.3) is 28.2 Å². The third kappa shape index (κ3) is 5.43. The van der Waals surface area contributed by atoms with Crippen molar-refractivity contribution in [3.8, 4) is 28.2 Å². The Bertz CT molecular complexity index is 1360. The Balaban J connectivity index is 1.71. The SMILES string of the molecule is CCCCc1c(C)c(C(=O)OCC)nn1-c1ccc(-c2ccccc2-c2noc(C(Cl)(Cl)Cl)n2)cc1. The zero-order valence-corrected chi connectivity index (χ0v) is 22.4. The molecule has 0 aliphatic carbocycles. The molecule has 0 atom stereocenters. The van der Waals surface area contributed by atoms with Gasteiger partial charge in [-0.1, -0.05) is 89.7 Å². The highest BCUT2D eigenvalue weighted by Crippen LogP contribution is 2.39. The Morgan fingerprint density at radius 2 is 1.75 bits per heavy atom. The Hall–Kier alpha value is -2.87. The Labute approximate surface area is 224 Å². The van der Waals surface area contributed by atoms with Crippen molar-refractivity contribution in [2.24, 2.45) is 0 Å². The quantitative estimate of drug-likeness (QED) is 0.171. The first-order chi connectivity index (χ1) is 17.2. The van der Waals surface area contributed by atoms with E-state index in [1.165, 1.54) is 0 Å². The second kappa shape index (κ2) is 11.0. The van der Waals surface area contributed by atoms with Crippen LogP contribution in [0.1, 0.15) is 54.3 Å². The van der Waals surface area contributed by atoms with Gasteiger partial charge in [0.25, 0.3) is 9.68 Å². The zero-order valence-electron chi connectivity index (χ0n) is 20.1. The summed E-state index contributed by atoms with van der Waals surface area (Å²) >= 11 is 17.7. The van der Waals surface area contributed by atoms with Crippen LogP contribution in [0.2, 0.25) is 0 Å². The number of alkyl halides is 3. The van der Waals surface area contributed by atoms with Gasteiger partial charge in [0, 0.05) is 16.8 Å². The molecule has 188 valence electrons. The average molecular weight is 548 g/mol. The standard InChI is InChI=1S/C26H25Cl3N4O3/c1-4-6-11-21-16(3)22(24(34)35-5-2)31-33(21)18-14-12-17(13-15-18)19-9-7-8-10-20(19)23-30-25(36-32-23)26(27,28)29/h7-10,12-15H,4-6,11H2,1-3H3. The molecule has 0 aliphatic heterocycles. The van der Waals surface area contributed by atoms with Crippen molar-refractivity contribution < 1.29 is 14.1 Å². The van der Waals surface area contributed by atoms with Crippen LogP contribution in [0.4, 0.5) is 0 Å². The van der Waals surface area contributed by atoms with Gasteiger partial charge in [0.05, 0.1) is 12.3 Å². The van der Waals surface area contributed by atoms with Crippen LogP contribution in [0, 0.1) is 6.92 Å². The number of rotatable bonds is 8. The second-order valence-electron chi connectivity index (χ2n) is 8.17. The summed E-state index contributed by atoms with van der Waals surface area (Å²) in [6.07, 6.45) is 2.83. The van der Waals surface area contributed by atoms with Crippen molar-refractivity contribution in [2.75, 3.05) is 6.61 Å². The number of esters is 1. The summed E-state index contributed by atoms with van der Waals surface area (Å²) in [5.74, 6) is -0.190. The fourth-order valence-electron chi connectivity index (χ4n) is 3.94. The summed E-state index contributed by atoms with van der Waals surface area (Å²) < 4.78 is 10.4. The van der Waals surface area contributed by atoms with Crippen LogP contribution < -0.4 is 0 Å². The molecule has 36 heavy (non-hydrogen) atoms. The Morgan fingerprint density at radius 1 is 1.06 bits per heavy atom. The van der Waals surface area contributed by atoms with E-state index >= 15 is 0 Å². The number of aromatic nitrogens is 4. The summed E-state index contributed by atoms with van der Waals surface area (Å²) in [6.45, 7) is 6.13. The number of nitrogens with zero attached hydrogens (tertiary/aromatic N) is 4. The lowest BCUT2D eigenvalue weighted by atomic mass is 9.99. The Kier molecular flexibility index (Phi) is 8.03. The van der Waals surface area contributed by atoms with Crippen molar-refractivity contribution >= 4 is 40.8 Å². The summed E-state index contributed by atoms with van der Waals surface area (Å²) in [5.41, 5.74) is 5.59. The molecule has 0 aliphatic rings. The van der Waals surface area contributed by atoms with Crippen LogP contribution in [0.3, 0.4) is 0 Å². The lowest BCUT2D eigenvalue weighted by Crippen LogP contribution is -2.07. The molecule has 2 heterocycles. The number of carbonyl (C=O) groups excluding carboxylic acids is 1. The first-order valence-corrected chi connectivity index (χ1v) is 12.7. The van der Waals surface area contributed by atoms with Gasteiger partial charge in [0.15, 0.2) is 5.69 Å². The van der Waals surface area contributed by atoms with Crippen molar-refractivity contribution in [3.05, 3.63) is 71.4 Å². The minimum absolute atomic E-state index is 0.0984. The van der Waals surface area contributed by atoms with Gasteiger partial charge >= 0.3 is 5.97 Å². The highest BCUT2D eigenvalue weighted by molar-refractivity contribution is 6.66. The van der Waals surface area contributed by atoms with Gasteiger partial charge in [0.2, 0.25) is 5.82 Å². The van der Waals surface area contributed by atoms with Crippen molar-refractivity contribution in [2.45, 2.75) is 43.8 Å². The van der Waals surface area contributed by atoms with Crippen molar-refractivity contribution in [1.29, 1.82) is 0 Å². The number of unbranched alkanes of at least 4 members (excludes halogenated alkanes) is 1. The molecule has 0 bridgehead atoms. The molecule has 0 saturated heterocycles. The first-order valence-electron chi connectivity index (χ1n) is 11.6. The largest absolute Gasteiger partial charge is 0.461 e.